The fourth-order valence-corrected chi connectivity index (χ4v) is 2.22. The summed E-state index contributed by atoms with van der Waals surface area (Å²) in [4.78, 5) is 14.0. The number of carbonyl (C=O) groups is 1. The van der Waals surface area contributed by atoms with Crippen molar-refractivity contribution in [1.82, 2.24) is 10.2 Å². The molecule has 17 heavy (non-hydrogen) atoms. The van der Waals surface area contributed by atoms with E-state index in [-0.39, 0.29) is 24.4 Å². The highest BCUT2D eigenvalue weighted by Crippen LogP contribution is 2.49. The molecule has 1 heterocycles. The zero-order valence-corrected chi connectivity index (χ0v) is 11.7. The molecule has 2 atom stereocenters. The minimum atomic E-state index is -0.288. The Kier molecular flexibility index (Phi) is 4.81. The van der Waals surface area contributed by atoms with E-state index in [4.69, 9.17) is 4.74 Å². The molecule has 100 valence electrons. The van der Waals surface area contributed by atoms with Crippen LogP contribution < -0.4 is 5.32 Å². The Morgan fingerprint density at radius 2 is 2.18 bits per heavy atom. The molecule has 0 radical (unpaired) electrons. The fraction of sp³-hybridized carbons (Fsp3) is 0.917. The molecule has 2 aliphatic rings. The van der Waals surface area contributed by atoms with Crippen molar-refractivity contribution in [1.29, 1.82) is 0 Å². The molecule has 2 fully saturated rings. The second kappa shape index (κ2) is 5.55. The molecule has 4 nitrogen and oxygen atoms in total. The number of hydrogen-bond acceptors (Lipinski definition) is 3. The first-order valence-corrected chi connectivity index (χ1v) is 6.13. The lowest BCUT2D eigenvalue weighted by Crippen LogP contribution is -2.51. The summed E-state index contributed by atoms with van der Waals surface area (Å²) in [6.07, 6.45) is 2.18. The van der Waals surface area contributed by atoms with Gasteiger partial charge in [-0.3, -0.25) is 4.79 Å². The summed E-state index contributed by atoms with van der Waals surface area (Å²) < 4.78 is 5.49. The van der Waals surface area contributed by atoms with Crippen molar-refractivity contribution < 1.29 is 9.53 Å². The summed E-state index contributed by atoms with van der Waals surface area (Å²) >= 11 is 0. The Balaban J connectivity index is 0.00000144. The predicted molar refractivity (Wildman–Crippen MR) is 69.4 cm³/mol. The van der Waals surface area contributed by atoms with Gasteiger partial charge >= 0.3 is 0 Å². The van der Waals surface area contributed by atoms with Gasteiger partial charge in [0, 0.05) is 26.2 Å². The van der Waals surface area contributed by atoms with Gasteiger partial charge in [-0.1, -0.05) is 6.92 Å². The quantitative estimate of drug-likeness (QED) is 0.827. The third-order valence-corrected chi connectivity index (χ3v) is 4.18. The fourth-order valence-electron chi connectivity index (χ4n) is 2.22. The number of amides is 1. The van der Waals surface area contributed by atoms with Gasteiger partial charge in [-0.25, -0.2) is 0 Å². The summed E-state index contributed by atoms with van der Waals surface area (Å²) in [6.45, 7) is 6.52. The van der Waals surface area contributed by atoms with Gasteiger partial charge in [0.1, 0.15) is 6.10 Å². The zero-order chi connectivity index (χ0) is 11.8. The van der Waals surface area contributed by atoms with Crippen molar-refractivity contribution in [3.8, 4) is 0 Å². The van der Waals surface area contributed by atoms with Gasteiger partial charge in [0.2, 0.25) is 0 Å². The first-order valence-electron chi connectivity index (χ1n) is 6.13. The molecular formula is C12H23ClN2O2. The maximum atomic E-state index is 12.2. The highest BCUT2D eigenvalue weighted by molar-refractivity contribution is 5.85. The van der Waals surface area contributed by atoms with Gasteiger partial charge in [-0.15, -0.1) is 12.4 Å². The van der Waals surface area contributed by atoms with Crippen LogP contribution in [0.25, 0.3) is 0 Å². The number of carbonyl (C=O) groups excluding carboxylic acids is 1. The van der Waals surface area contributed by atoms with E-state index in [2.05, 4.69) is 19.2 Å². The van der Waals surface area contributed by atoms with Crippen LogP contribution in [0.3, 0.4) is 0 Å². The van der Waals surface area contributed by atoms with Crippen LogP contribution in [0, 0.1) is 5.41 Å². The Labute approximate surface area is 109 Å². The van der Waals surface area contributed by atoms with Crippen LogP contribution in [0.15, 0.2) is 0 Å². The zero-order valence-electron chi connectivity index (χ0n) is 10.9. The smallest absolute Gasteiger partial charge is 0.253 e. The van der Waals surface area contributed by atoms with Crippen molar-refractivity contribution in [3.63, 3.8) is 0 Å². The highest BCUT2D eigenvalue weighted by Gasteiger charge is 2.46. The second-order valence-electron chi connectivity index (χ2n) is 5.34. The van der Waals surface area contributed by atoms with E-state index in [0.29, 0.717) is 24.6 Å². The third kappa shape index (κ3) is 3.12. The Morgan fingerprint density at radius 3 is 2.65 bits per heavy atom. The topological polar surface area (TPSA) is 41.6 Å². The molecule has 1 aliphatic carbocycles. The molecule has 0 aromatic rings. The van der Waals surface area contributed by atoms with Gasteiger partial charge in [0.05, 0.1) is 6.61 Å². The monoisotopic (exact) mass is 262 g/mol. The molecule has 0 bridgehead atoms. The summed E-state index contributed by atoms with van der Waals surface area (Å²) in [6, 6.07) is 0.311. The summed E-state index contributed by atoms with van der Waals surface area (Å²) in [5.74, 6) is 0.118. The van der Waals surface area contributed by atoms with Crippen molar-refractivity contribution in [2.75, 3.05) is 26.7 Å². The third-order valence-electron chi connectivity index (χ3n) is 4.18. The number of nitrogens with zero attached hydrogens (tertiary/aromatic N) is 1. The van der Waals surface area contributed by atoms with E-state index in [1.165, 1.54) is 12.8 Å². The normalized spacial score (nSPS) is 27.8. The van der Waals surface area contributed by atoms with Crippen molar-refractivity contribution in [2.45, 2.75) is 38.8 Å². The van der Waals surface area contributed by atoms with Crippen LogP contribution in [0.5, 0.6) is 0 Å². The van der Waals surface area contributed by atoms with E-state index >= 15 is 0 Å². The van der Waals surface area contributed by atoms with Gasteiger partial charge < -0.3 is 15.0 Å². The molecule has 1 saturated heterocycles. The van der Waals surface area contributed by atoms with Crippen LogP contribution in [-0.4, -0.2) is 49.7 Å². The molecule has 5 heteroatoms. The highest BCUT2D eigenvalue weighted by atomic mass is 35.5. The minimum absolute atomic E-state index is 0. The Morgan fingerprint density at radius 1 is 1.53 bits per heavy atom. The van der Waals surface area contributed by atoms with Crippen LogP contribution in [0.2, 0.25) is 0 Å². The Bertz CT molecular complexity index is 276. The lowest BCUT2D eigenvalue weighted by molar-refractivity contribution is -0.146. The van der Waals surface area contributed by atoms with Crippen LogP contribution in [-0.2, 0) is 9.53 Å². The van der Waals surface area contributed by atoms with E-state index in [9.17, 15) is 4.79 Å². The van der Waals surface area contributed by atoms with Crippen LogP contribution in [0.4, 0.5) is 0 Å². The van der Waals surface area contributed by atoms with E-state index in [1.807, 2.05) is 11.9 Å². The molecule has 1 saturated carbocycles. The molecule has 1 N–H and O–H groups in total. The molecular weight excluding hydrogens is 240 g/mol. The average molecular weight is 263 g/mol. The average Bonchev–Trinajstić information content (AvgIpc) is 3.07. The summed E-state index contributed by atoms with van der Waals surface area (Å²) in [5.41, 5.74) is 0.340. The number of morpholine rings is 1. The molecule has 2 rings (SSSR count). The largest absolute Gasteiger partial charge is 0.366 e. The molecule has 2 unspecified atom stereocenters. The van der Waals surface area contributed by atoms with E-state index < -0.39 is 0 Å². The lowest BCUT2D eigenvalue weighted by Gasteiger charge is -2.34. The summed E-state index contributed by atoms with van der Waals surface area (Å²) in [7, 11) is 1.90. The summed E-state index contributed by atoms with van der Waals surface area (Å²) in [5, 5.41) is 3.19. The van der Waals surface area contributed by atoms with Crippen LogP contribution >= 0.6 is 12.4 Å². The first kappa shape index (κ1) is 14.7. The molecule has 1 amide bonds. The Hall–Kier alpha value is -0.320. The number of halogens is 1. The van der Waals surface area contributed by atoms with Crippen molar-refractivity contribution in [2.24, 2.45) is 5.41 Å². The molecule has 1 aliphatic heterocycles. The predicted octanol–water partition coefficient (Wildman–Crippen LogP) is 1.04. The van der Waals surface area contributed by atoms with Gasteiger partial charge in [0.15, 0.2) is 0 Å². The SMILES string of the molecule is CC(N(C)C(=O)C1CNCCO1)C1(C)CC1.Cl. The second-order valence-corrected chi connectivity index (χ2v) is 5.34. The number of nitrogens with one attached hydrogen (secondary N) is 1. The van der Waals surface area contributed by atoms with Gasteiger partial charge in [-0.2, -0.15) is 0 Å². The van der Waals surface area contributed by atoms with E-state index in [0.717, 1.165) is 6.54 Å². The standard InChI is InChI=1S/C12H22N2O2.ClH/c1-9(12(2)4-5-12)14(3)11(15)10-8-13-6-7-16-10;/h9-10,13H,4-8H2,1-3H3;1H. The first-order chi connectivity index (χ1) is 7.54. The van der Waals surface area contributed by atoms with Crippen molar-refractivity contribution in [3.05, 3.63) is 0 Å². The molecule has 0 spiro atoms. The van der Waals surface area contributed by atoms with Crippen LogP contribution in [0.1, 0.15) is 26.7 Å². The van der Waals surface area contributed by atoms with E-state index in [1.54, 1.807) is 0 Å². The molecule has 0 aromatic carbocycles. The number of likely N-dealkylation sites (N-methyl/N-ethyl adjacent to an activating group) is 1. The minimum Gasteiger partial charge on any atom is -0.366 e. The lowest BCUT2D eigenvalue weighted by atomic mass is 9.99. The maximum Gasteiger partial charge on any atom is 0.253 e. The number of rotatable bonds is 3. The molecule has 0 aromatic heterocycles. The van der Waals surface area contributed by atoms with Crippen molar-refractivity contribution >= 4 is 18.3 Å². The maximum absolute atomic E-state index is 12.2. The number of hydrogen-bond donors (Lipinski definition) is 1. The number of ether oxygens (including phenoxy) is 1. The van der Waals surface area contributed by atoms with Gasteiger partial charge in [0.25, 0.3) is 5.91 Å². The van der Waals surface area contributed by atoms with Gasteiger partial charge in [-0.05, 0) is 25.2 Å².